The summed E-state index contributed by atoms with van der Waals surface area (Å²) in [6.07, 6.45) is 7.50. The molecule has 0 radical (unpaired) electrons. The maximum atomic E-state index is 5.03. The van der Waals surface area contributed by atoms with Crippen LogP contribution in [0.15, 0.2) is 10.6 Å². The number of oxazole rings is 1. The summed E-state index contributed by atoms with van der Waals surface area (Å²) in [5.41, 5.74) is 0. The number of rotatable bonds is 1. The number of nitrogens with zero attached hydrogens (tertiary/aromatic N) is 1. The molecule has 0 amide bonds. The summed E-state index contributed by atoms with van der Waals surface area (Å²) in [5, 5.41) is 0. The molecule has 0 saturated carbocycles. The Kier molecular flexibility index (Phi) is 1.55. The Labute approximate surface area is 53.9 Å². The highest BCUT2D eigenvalue weighted by molar-refractivity contribution is 5.12. The minimum atomic E-state index is 0.367. The van der Waals surface area contributed by atoms with Crippen LogP contribution in [0.25, 0.3) is 0 Å². The van der Waals surface area contributed by atoms with Crippen molar-refractivity contribution in [3.63, 3.8) is 0 Å². The van der Waals surface area contributed by atoms with Crippen molar-refractivity contribution in [2.45, 2.75) is 13.3 Å². The lowest BCUT2D eigenvalue weighted by Gasteiger charge is -1.80. The van der Waals surface area contributed by atoms with Gasteiger partial charge in [-0.15, -0.1) is 6.42 Å². The Morgan fingerprint density at radius 2 is 2.67 bits per heavy atom. The van der Waals surface area contributed by atoms with Crippen LogP contribution in [0.4, 0.5) is 0 Å². The molecule has 9 heavy (non-hydrogen) atoms. The number of aryl methyl sites for hydroxylation is 1. The van der Waals surface area contributed by atoms with Gasteiger partial charge in [0.25, 0.3) is 5.89 Å². The molecular weight excluding hydrogens is 114 g/mol. The van der Waals surface area contributed by atoms with Crippen LogP contribution in [0.1, 0.15) is 18.6 Å². The number of hydrogen-bond acceptors (Lipinski definition) is 2. The van der Waals surface area contributed by atoms with E-state index < -0.39 is 0 Å². The van der Waals surface area contributed by atoms with E-state index in [9.17, 15) is 0 Å². The minimum absolute atomic E-state index is 0.367. The van der Waals surface area contributed by atoms with Gasteiger partial charge >= 0.3 is 0 Å². The van der Waals surface area contributed by atoms with Gasteiger partial charge in [0.1, 0.15) is 5.76 Å². The molecule has 0 N–H and O–H groups in total. The summed E-state index contributed by atoms with van der Waals surface area (Å²) in [7, 11) is 0. The van der Waals surface area contributed by atoms with E-state index in [1.54, 1.807) is 6.20 Å². The summed E-state index contributed by atoms with van der Waals surface area (Å²) >= 11 is 0. The van der Waals surface area contributed by atoms with E-state index in [1.165, 1.54) is 0 Å². The molecule has 46 valence electrons. The van der Waals surface area contributed by atoms with E-state index in [4.69, 9.17) is 10.8 Å². The summed E-state index contributed by atoms with van der Waals surface area (Å²) in [6.45, 7) is 1.99. The molecule has 0 saturated heterocycles. The van der Waals surface area contributed by atoms with Crippen molar-refractivity contribution in [2.75, 3.05) is 0 Å². The predicted molar refractivity (Wildman–Crippen MR) is 33.8 cm³/mol. The second kappa shape index (κ2) is 2.36. The average Bonchev–Trinajstić information content (AvgIpc) is 2.34. The van der Waals surface area contributed by atoms with E-state index in [1.807, 2.05) is 6.92 Å². The topological polar surface area (TPSA) is 26.0 Å². The number of terminal acetylenes is 1. The standard InChI is InChI=1S/C7H7NO/c1-3-6-5-8-7(4-2)9-6/h2,5H,3H2,1H3. The molecular formula is C7H7NO. The van der Waals surface area contributed by atoms with Crippen molar-refractivity contribution < 1.29 is 4.42 Å². The first-order valence-corrected chi connectivity index (χ1v) is 2.78. The fourth-order valence-electron chi connectivity index (χ4n) is 0.538. The molecule has 0 aliphatic heterocycles. The van der Waals surface area contributed by atoms with Gasteiger partial charge in [0, 0.05) is 6.42 Å². The maximum absolute atomic E-state index is 5.03. The molecule has 1 rings (SSSR count). The molecule has 2 heteroatoms. The summed E-state index contributed by atoms with van der Waals surface area (Å²) in [4.78, 5) is 3.80. The third-order valence-electron chi connectivity index (χ3n) is 1.03. The van der Waals surface area contributed by atoms with Crippen molar-refractivity contribution in [2.24, 2.45) is 0 Å². The summed E-state index contributed by atoms with van der Waals surface area (Å²) < 4.78 is 5.03. The van der Waals surface area contributed by atoms with Gasteiger partial charge in [-0.2, -0.15) is 0 Å². The lowest BCUT2D eigenvalue weighted by molar-refractivity contribution is 0.498. The molecule has 0 atom stereocenters. The van der Waals surface area contributed by atoms with Crippen molar-refractivity contribution in [1.29, 1.82) is 0 Å². The minimum Gasteiger partial charge on any atom is -0.435 e. The van der Waals surface area contributed by atoms with Crippen LogP contribution in [0.5, 0.6) is 0 Å². The molecule has 2 nitrogen and oxygen atoms in total. The number of hydrogen-bond donors (Lipinski definition) is 0. The van der Waals surface area contributed by atoms with Gasteiger partial charge in [-0.05, 0) is 5.92 Å². The van der Waals surface area contributed by atoms with Crippen molar-refractivity contribution in [3.8, 4) is 12.3 Å². The van der Waals surface area contributed by atoms with Crippen LogP contribution >= 0.6 is 0 Å². The quantitative estimate of drug-likeness (QED) is 0.522. The normalized spacial score (nSPS) is 8.89. The molecule has 0 aliphatic carbocycles. The first-order chi connectivity index (χ1) is 4.36. The Morgan fingerprint density at radius 3 is 3.00 bits per heavy atom. The van der Waals surface area contributed by atoms with Gasteiger partial charge in [0.05, 0.1) is 6.20 Å². The van der Waals surface area contributed by atoms with E-state index in [2.05, 4.69) is 10.9 Å². The first kappa shape index (κ1) is 5.90. The zero-order chi connectivity index (χ0) is 6.69. The predicted octanol–water partition coefficient (Wildman–Crippen LogP) is 1.22. The molecule has 0 aromatic carbocycles. The Hall–Kier alpha value is -1.23. The van der Waals surface area contributed by atoms with E-state index in [-0.39, 0.29) is 0 Å². The van der Waals surface area contributed by atoms with Gasteiger partial charge in [-0.25, -0.2) is 4.98 Å². The Bertz CT molecular complexity index is 231. The van der Waals surface area contributed by atoms with Gasteiger partial charge in [-0.1, -0.05) is 6.92 Å². The van der Waals surface area contributed by atoms with Crippen LogP contribution in [0.2, 0.25) is 0 Å². The second-order valence-corrected chi connectivity index (χ2v) is 1.63. The molecule has 1 aromatic heterocycles. The molecule has 0 spiro atoms. The van der Waals surface area contributed by atoms with Crippen LogP contribution in [-0.2, 0) is 6.42 Å². The van der Waals surface area contributed by atoms with Gasteiger partial charge in [0.2, 0.25) is 0 Å². The largest absolute Gasteiger partial charge is 0.435 e. The summed E-state index contributed by atoms with van der Waals surface area (Å²) in [5.74, 6) is 3.51. The highest BCUT2D eigenvalue weighted by Crippen LogP contribution is 2.01. The van der Waals surface area contributed by atoms with Crippen LogP contribution < -0.4 is 0 Å². The second-order valence-electron chi connectivity index (χ2n) is 1.63. The molecule has 0 aliphatic rings. The Balaban J connectivity index is 2.90. The molecule has 0 unspecified atom stereocenters. The first-order valence-electron chi connectivity index (χ1n) is 2.78. The molecule has 0 fully saturated rings. The van der Waals surface area contributed by atoms with Crippen LogP contribution in [0.3, 0.4) is 0 Å². The molecule has 1 heterocycles. The van der Waals surface area contributed by atoms with Crippen LogP contribution in [-0.4, -0.2) is 4.98 Å². The fourth-order valence-corrected chi connectivity index (χ4v) is 0.538. The SMILES string of the molecule is C#Cc1ncc(CC)o1. The zero-order valence-corrected chi connectivity index (χ0v) is 5.22. The van der Waals surface area contributed by atoms with Crippen molar-refractivity contribution in [3.05, 3.63) is 17.8 Å². The van der Waals surface area contributed by atoms with E-state index >= 15 is 0 Å². The molecule has 0 bridgehead atoms. The van der Waals surface area contributed by atoms with E-state index in [0.29, 0.717) is 5.89 Å². The smallest absolute Gasteiger partial charge is 0.273 e. The number of aromatic nitrogens is 1. The summed E-state index contributed by atoms with van der Waals surface area (Å²) in [6, 6.07) is 0. The monoisotopic (exact) mass is 121 g/mol. The van der Waals surface area contributed by atoms with Crippen LogP contribution in [0, 0.1) is 12.3 Å². The van der Waals surface area contributed by atoms with Gasteiger partial charge < -0.3 is 4.42 Å². The van der Waals surface area contributed by atoms with Crippen molar-refractivity contribution >= 4 is 0 Å². The third-order valence-corrected chi connectivity index (χ3v) is 1.03. The lowest BCUT2D eigenvalue weighted by atomic mass is 10.4. The fraction of sp³-hybridized carbons (Fsp3) is 0.286. The lowest BCUT2D eigenvalue weighted by Crippen LogP contribution is -1.68. The maximum Gasteiger partial charge on any atom is 0.273 e. The zero-order valence-electron chi connectivity index (χ0n) is 5.22. The van der Waals surface area contributed by atoms with Gasteiger partial charge in [0.15, 0.2) is 0 Å². The van der Waals surface area contributed by atoms with E-state index in [0.717, 1.165) is 12.2 Å². The third kappa shape index (κ3) is 1.11. The van der Waals surface area contributed by atoms with Gasteiger partial charge in [-0.3, -0.25) is 0 Å². The molecule has 1 aromatic rings. The Morgan fingerprint density at radius 1 is 1.89 bits per heavy atom. The average molecular weight is 121 g/mol. The van der Waals surface area contributed by atoms with Crippen molar-refractivity contribution in [1.82, 2.24) is 4.98 Å². The highest BCUT2D eigenvalue weighted by atomic mass is 16.4. The highest BCUT2D eigenvalue weighted by Gasteiger charge is 1.95.